The minimum atomic E-state index is -0.155. The molecule has 7 heteroatoms. The minimum absolute atomic E-state index is 0.0525. The van der Waals surface area contributed by atoms with Crippen LogP contribution in [0.1, 0.15) is 5.82 Å². The number of nitrogens with one attached hydrogen (secondary N) is 1. The largest absolute Gasteiger partial charge is 0.482 e. The molecule has 0 unspecified atom stereocenters. The lowest BCUT2D eigenvalue weighted by molar-refractivity contribution is -0.118. The number of ether oxygens (including phenoxy) is 1. The topological polar surface area (TPSA) is 82.2 Å². The summed E-state index contributed by atoms with van der Waals surface area (Å²) >= 11 is 3.51. The second-order valence-corrected chi connectivity index (χ2v) is 5.23. The third kappa shape index (κ3) is 2.08. The molecule has 1 aliphatic rings. The van der Waals surface area contributed by atoms with Gasteiger partial charge in [0.25, 0.3) is 5.91 Å². The van der Waals surface area contributed by atoms with Crippen LogP contribution in [0.25, 0.3) is 11.3 Å². The van der Waals surface area contributed by atoms with Crippen molar-refractivity contribution in [1.29, 1.82) is 0 Å². The molecule has 0 aliphatic carbocycles. The van der Waals surface area contributed by atoms with Crippen molar-refractivity contribution < 1.29 is 9.53 Å². The highest BCUT2D eigenvalue weighted by molar-refractivity contribution is 9.10. The van der Waals surface area contributed by atoms with Gasteiger partial charge in [-0.2, -0.15) is 0 Å². The number of halogens is 1. The van der Waals surface area contributed by atoms with Crippen LogP contribution >= 0.6 is 15.9 Å². The van der Waals surface area contributed by atoms with Crippen LogP contribution in [-0.2, 0) is 18.4 Å². The van der Waals surface area contributed by atoms with E-state index in [0.29, 0.717) is 18.0 Å². The van der Waals surface area contributed by atoms with E-state index in [-0.39, 0.29) is 12.5 Å². The lowest BCUT2D eigenvalue weighted by Crippen LogP contribution is -2.25. The summed E-state index contributed by atoms with van der Waals surface area (Å²) in [6, 6.07) is 5.58. The number of hydrogen-bond acceptors (Lipinski definition) is 4. The van der Waals surface area contributed by atoms with Gasteiger partial charge in [0, 0.05) is 12.6 Å². The SMILES string of the molecule is Cn1c(CN)nc(-c2ccc3c(c2)NC(=O)CO3)c1Br. The molecule has 2 heterocycles. The predicted molar refractivity (Wildman–Crippen MR) is 78.4 cm³/mol. The van der Waals surface area contributed by atoms with Crippen molar-refractivity contribution in [2.24, 2.45) is 12.8 Å². The van der Waals surface area contributed by atoms with Gasteiger partial charge in [0.1, 0.15) is 21.9 Å². The molecule has 2 aromatic rings. The predicted octanol–water partition coefficient (Wildman–Crippen LogP) is 1.64. The van der Waals surface area contributed by atoms with Gasteiger partial charge in [-0.3, -0.25) is 4.79 Å². The molecule has 0 fully saturated rings. The van der Waals surface area contributed by atoms with Gasteiger partial charge in [0.2, 0.25) is 0 Å². The fraction of sp³-hybridized carbons (Fsp3) is 0.231. The lowest BCUT2D eigenvalue weighted by atomic mass is 10.1. The second-order valence-electron chi connectivity index (χ2n) is 4.48. The maximum atomic E-state index is 11.4. The van der Waals surface area contributed by atoms with E-state index in [0.717, 1.165) is 21.7 Å². The van der Waals surface area contributed by atoms with Crippen LogP contribution < -0.4 is 15.8 Å². The Bertz CT molecular complexity index is 696. The molecule has 0 spiro atoms. The average molecular weight is 337 g/mol. The molecule has 6 nitrogen and oxygen atoms in total. The summed E-state index contributed by atoms with van der Waals surface area (Å²) < 4.78 is 8.08. The van der Waals surface area contributed by atoms with Gasteiger partial charge in [-0.1, -0.05) is 0 Å². The summed E-state index contributed by atoms with van der Waals surface area (Å²) in [5, 5.41) is 2.79. The van der Waals surface area contributed by atoms with Crippen LogP contribution in [-0.4, -0.2) is 22.1 Å². The number of nitrogens with two attached hydrogens (primary N) is 1. The molecule has 3 rings (SSSR count). The van der Waals surface area contributed by atoms with E-state index in [2.05, 4.69) is 26.2 Å². The number of aromatic nitrogens is 2. The zero-order chi connectivity index (χ0) is 14.3. The van der Waals surface area contributed by atoms with Gasteiger partial charge in [-0.25, -0.2) is 4.98 Å². The average Bonchev–Trinajstić information content (AvgIpc) is 2.74. The summed E-state index contributed by atoms with van der Waals surface area (Å²) in [5.74, 6) is 1.29. The van der Waals surface area contributed by atoms with Crippen molar-refractivity contribution in [3.8, 4) is 17.0 Å². The highest BCUT2D eigenvalue weighted by Crippen LogP contribution is 2.35. The number of fused-ring (bicyclic) bond motifs is 1. The Morgan fingerprint density at radius 2 is 2.35 bits per heavy atom. The van der Waals surface area contributed by atoms with Crippen molar-refractivity contribution in [3.05, 3.63) is 28.6 Å². The zero-order valence-electron chi connectivity index (χ0n) is 10.8. The van der Waals surface area contributed by atoms with Crippen molar-refractivity contribution in [2.45, 2.75) is 6.54 Å². The molecule has 0 bridgehead atoms. The molecular weight excluding hydrogens is 324 g/mol. The van der Waals surface area contributed by atoms with Gasteiger partial charge in [-0.15, -0.1) is 0 Å². The molecule has 0 atom stereocenters. The molecule has 0 saturated carbocycles. The Morgan fingerprint density at radius 3 is 3.05 bits per heavy atom. The molecule has 1 aromatic heterocycles. The Hall–Kier alpha value is -1.86. The second kappa shape index (κ2) is 4.92. The van der Waals surface area contributed by atoms with E-state index < -0.39 is 0 Å². The molecule has 1 amide bonds. The Labute approximate surface area is 124 Å². The standard InChI is InChI=1S/C13H13BrN4O2/c1-18-10(5-15)17-12(13(18)14)7-2-3-9-8(4-7)16-11(19)6-20-9/h2-4H,5-6,15H2,1H3,(H,16,19). The van der Waals surface area contributed by atoms with Gasteiger partial charge >= 0.3 is 0 Å². The number of carbonyl (C=O) groups excluding carboxylic acids is 1. The summed E-state index contributed by atoms with van der Waals surface area (Å²) in [5.41, 5.74) is 7.99. The summed E-state index contributed by atoms with van der Waals surface area (Å²) in [4.78, 5) is 15.9. The summed E-state index contributed by atoms with van der Waals surface area (Å²) in [7, 11) is 1.89. The number of hydrogen-bond donors (Lipinski definition) is 2. The quantitative estimate of drug-likeness (QED) is 0.873. The van der Waals surface area contributed by atoms with Gasteiger partial charge in [-0.05, 0) is 34.1 Å². The Morgan fingerprint density at radius 1 is 1.55 bits per heavy atom. The number of benzene rings is 1. The van der Waals surface area contributed by atoms with E-state index in [1.54, 1.807) is 0 Å². The van der Waals surface area contributed by atoms with Crippen molar-refractivity contribution in [2.75, 3.05) is 11.9 Å². The highest BCUT2D eigenvalue weighted by Gasteiger charge is 2.19. The number of anilines is 1. The van der Waals surface area contributed by atoms with Gasteiger partial charge < -0.3 is 20.4 Å². The number of amides is 1. The van der Waals surface area contributed by atoms with Crippen molar-refractivity contribution in [1.82, 2.24) is 9.55 Å². The maximum Gasteiger partial charge on any atom is 0.262 e. The number of rotatable bonds is 2. The Balaban J connectivity index is 2.07. The molecule has 1 aromatic carbocycles. The molecule has 0 saturated heterocycles. The molecular formula is C13H13BrN4O2. The molecule has 104 valence electrons. The first-order chi connectivity index (χ1) is 9.60. The first kappa shape index (κ1) is 13.1. The zero-order valence-corrected chi connectivity index (χ0v) is 12.4. The van der Waals surface area contributed by atoms with Crippen LogP contribution in [0, 0.1) is 0 Å². The fourth-order valence-electron chi connectivity index (χ4n) is 2.12. The van der Waals surface area contributed by atoms with Gasteiger partial charge in [0.15, 0.2) is 6.61 Å². The van der Waals surface area contributed by atoms with Crippen LogP contribution in [0.15, 0.2) is 22.8 Å². The first-order valence-corrected chi connectivity index (χ1v) is 6.87. The Kier molecular flexibility index (Phi) is 3.23. The number of imidazole rings is 1. The fourth-order valence-corrected chi connectivity index (χ4v) is 2.64. The van der Waals surface area contributed by atoms with Crippen molar-refractivity contribution >= 4 is 27.5 Å². The van der Waals surface area contributed by atoms with Crippen LogP contribution in [0.3, 0.4) is 0 Å². The third-order valence-corrected chi connectivity index (χ3v) is 4.09. The van der Waals surface area contributed by atoms with Crippen LogP contribution in [0.2, 0.25) is 0 Å². The molecule has 0 radical (unpaired) electrons. The summed E-state index contributed by atoms with van der Waals surface area (Å²) in [6.45, 7) is 0.414. The lowest BCUT2D eigenvalue weighted by Gasteiger charge is -2.18. The van der Waals surface area contributed by atoms with Crippen LogP contribution in [0.5, 0.6) is 5.75 Å². The smallest absolute Gasteiger partial charge is 0.262 e. The first-order valence-electron chi connectivity index (χ1n) is 6.08. The van der Waals surface area contributed by atoms with Gasteiger partial charge in [0.05, 0.1) is 12.2 Å². The van der Waals surface area contributed by atoms with Crippen LogP contribution in [0.4, 0.5) is 5.69 Å². The van der Waals surface area contributed by atoms with E-state index in [1.165, 1.54) is 0 Å². The van der Waals surface area contributed by atoms with Crippen molar-refractivity contribution in [3.63, 3.8) is 0 Å². The molecule has 20 heavy (non-hydrogen) atoms. The number of carbonyl (C=O) groups is 1. The summed E-state index contributed by atoms with van der Waals surface area (Å²) in [6.07, 6.45) is 0. The van der Waals surface area contributed by atoms with E-state index in [9.17, 15) is 4.79 Å². The van der Waals surface area contributed by atoms with E-state index >= 15 is 0 Å². The van der Waals surface area contributed by atoms with E-state index in [1.807, 2.05) is 29.8 Å². The highest BCUT2D eigenvalue weighted by atomic mass is 79.9. The van der Waals surface area contributed by atoms with E-state index in [4.69, 9.17) is 10.5 Å². The minimum Gasteiger partial charge on any atom is -0.482 e. The third-order valence-electron chi connectivity index (χ3n) is 3.19. The maximum absolute atomic E-state index is 11.4. The molecule has 1 aliphatic heterocycles. The normalized spacial score (nSPS) is 13.7. The number of nitrogens with zero attached hydrogens (tertiary/aromatic N) is 2. The molecule has 3 N–H and O–H groups in total. The monoisotopic (exact) mass is 336 g/mol.